The molecule has 1 saturated carbocycles. The largest absolute Gasteiger partial charge is 0.467 e. The molecule has 27 heavy (non-hydrogen) atoms. The smallest absolute Gasteiger partial charge is 0.231 e. The van der Waals surface area contributed by atoms with Crippen molar-refractivity contribution in [3.8, 4) is 11.4 Å². The topological polar surface area (TPSA) is 73.0 Å². The van der Waals surface area contributed by atoms with Gasteiger partial charge in [-0.2, -0.15) is 0 Å². The maximum Gasteiger partial charge on any atom is 0.231 e. The van der Waals surface area contributed by atoms with Crippen molar-refractivity contribution < 1.29 is 13.6 Å². The Bertz CT molecular complexity index is 937. The summed E-state index contributed by atoms with van der Waals surface area (Å²) in [4.78, 5) is 12.3. The highest BCUT2D eigenvalue weighted by molar-refractivity contribution is 7.99. The Morgan fingerprint density at radius 1 is 1.33 bits per heavy atom. The van der Waals surface area contributed by atoms with Gasteiger partial charge in [0.15, 0.2) is 11.0 Å². The van der Waals surface area contributed by atoms with E-state index in [1.165, 1.54) is 17.8 Å². The third-order valence-electron chi connectivity index (χ3n) is 4.37. The van der Waals surface area contributed by atoms with E-state index in [2.05, 4.69) is 15.5 Å². The predicted molar refractivity (Wildman–Crippen MR) is 99.7 cm³/mol. The zero-order valence-electron chi connectivity index (χ0n) is 14.8. The van der Waals surface area contributed by atoms with Crippen molar-refractivity contribution in [3.05, 3.63) is 54.2 Å². The summed E-state index contributed by atoms with van der Waals surface area (Å²) in [5, 5.41) is 11.9. The lowest BCUT2D eigenvalue weighted by Crippen LogP contribution is -2.28. The number of thioether (sulfide) groups is 1. The number of aromatic nitrogens is 3. The number of rotatable bonds is 7. The van der Waals surface area contributed by atoms with E-state index < -0.39 is 0 Å². The summed E-state index contributed by atoms with van der Waals surface area (Å²) in [7, 11) is 0. The highest BCUT2D eigenvalue weighted by atomic mass is 32.2. The molecule has 2 aromatic heterocycles. The van der Waals surface area contributed by atoms with Crippen molar-refractivity contribution in [2.24, 2.45) is 0 Å². The summed E-state index contributed by atoms with van der Waals surface area (Å²) in [6.45, 7) is 1.87. The first-order chi connectivity index (χ1) is 13.1. The standard InChI is InChI=1S/C19H19FN4O2S/c1-12(16-7-4-10-26-16)21-17(25)11-27-19-23-22-18(24(19)13-8-9-13)14-5-2-3-6-15(14)20/h2-7,10,12-13H,8-9,11H2,1H3,(H,21,25)/t12-/m1/s1. The van der Waals surface area contributed by atoms with Gasteiger partial charge in [-0.05, 0) is 44.0 Å². The third-order valence-corrected chi connectivity index (χ3v) is 5.31. The van der Waals surface area contributed by atoms with E-state index in [1.807, 2.05) is 17.6 Å². The molecule has 0 unspecified atom stereocenters. The summed E-state index contributed by atoms with van der Waals surface area (Å²) < 4.78 is 21.4. The quantitative estimate of drug-likeness (QED) is 0.622. The van der Waals surface area contributed by atoms with Crippen LogP contribution in [0.5, 0.6) is 0 Å². The molecule has 1 aliphatic rings. The predicted octanol–water partition coefficient (Wildman–Crippen LogP) is 3.98. The molecule has 4 rings (SSSR count). The number of benzene rings is 1. The fourth-order valence-corrected chi connectivity index (χ4v) is 3.70. The molecule has 1 fully saturated rings. The van der Waals surface area contributed by atoms with Gasteiger partial charge in [0.25, 0.3) is 0 Å². The lowest BCUT2D eigenvalue weighted by atomic mass is 10.2. The Labute approximate surface area is 160 Å². The lowest BCUT2D eigenvalue weighted by molar-refractivity contribution is -0.119. The summed E-state index contributed by atoms with van der Waals surface area (Å²) in [5.41, 5.74) is 0.430. The molecular formula is C19H19FN4O2S. The highest BCUT2D eigenvalue weighted by Crippen LogP contribution is 2.41. The number of amides is 1. The van der Waals surface area contributed by atoms with Crippen molar-refractivity contribution in [1.82, 2.24) is 20.1 Å². The second kappa shape index (κ2) is 7.56. The van der Waals surface area contributed by atoms with Gasteiger partial charge in [-0.3, -0.25) is 9.36 Å². The van der Waals surface area contributed by atoms with Crippen LogP contribution in [0.4, 0.5) is 4.39 Å². The second-order valence-electron chi connectivity index (χ2n) is 6.48. The second-order valence-corrected chi connectivity index (χ2v) is 7.42. The summed E-state index contributed by atoms with van der Waals surface area (Å²) in [6.07, 6.45) is 3.60. The Balaban J connectivity index is 1.47. The van der Waals surface area contributed by atoms with Crippen LogP contribution < -0.4 is 5.32 Å². The number of halogens is 1. The molecule has 1 N–H and O–H groups in total. The molecule has 0 saturated heterocycles. The molecule has 0 bridgehead atoms. The number of hydrogen-bond donors (Lipinski definition) is 1. The minimum absolute atomic E-state index is 0.123. The number of carbonyl (C=O) groups excluding carboxylic acids is 1. The van der Waals surface area contributed by atoms with Crippen LogP contribution in [0.2, 0.25) is 0 Å². The number of carbonyl (C=O) groups is 1. The lowest BCUT2D eigenvalue weighted by Gasteiger charge is -2.12. The first-order valence-electron chi connectivity index (χ1n) is 8.79. The van der Waals surface area contributed by atoms with Gasteiger partial charge in [-0.1, -0.05) is 23.9 Å². The monoisotopic (exact) mass is 386 g/mol. The average Bonchev–Trinajstić information content (AvgIpc) is 3.18. The van der Waals surface area contributed by atoms with Gasteiger partial charge >= 0.3 is 0 Å². The van der Waals surface area contributed by atoms with Crippen LogP contribution in [0, 0.1) is 5.82 Å². The van der Waals surface area contributed by atoms with Gasteiger partial charge in [0.05, 0.1) is 23.6 Å². The van der Waals surface area contributed by atoms with Crippen LogP contribution >= 0.6 is 11.8 Å². The number of hydrogen-bond acceptors (Lipinski definition) is 5. The third kappa shape index (κ3) is 3.90. The maximum absolute atomic E-state index is 14.2. The SMILES string of the molecule is C[C@@H](NC(=O)CSc1nnc(-c2ccccc2F)n1C1CC1)c1ccco1. The Kier molecular flexibility index (Phi) is 4.98. The fourth-order valence-electron chi connectivity index (χ4n) is 2.89. The van der Waals surface area contributed by atoms with Crippen molar-refractivity contribution in [1.29, 1.82) is 0 Å². The summed E-state index contributed by atoms with van der Waals surface area (Å²) in [6, 6.07) is 10.2. The Hall–Kier alpha value is -2.61. The molecule has 1 aliphatic carbocycles. The fraction of sp³-hybridized carbons (Fsp3) is 0.316. The van der Waals surface area contributed by atoms with Crippen LogP contribution in [-0.2, 0) is 4.79 Å². The molecule has 8 heteroatoms. The molecule has 1 aromatic carbocycles. The zero-order valence-corrected chi connectivity index (χ0v) is 15.6. The van der Waals surface area contributed by atoms with Crippen molar-refractivity contribution in [3.63, 3.8) is 0 Å². The van der Waals surface area contributed by atoms with E-state index in [4.69, 9.17) is 4.42 Å². The van der Waals surface area contributed by atoms with Crippen LogP contribution in [0.15, 0.2) is 52.2 Å². The molecule has 6 nitrogen and oxygen atoms in total. The molecule has 0 aliphatic heterocycles. The summed E-state index contributed by atoms with van der Waals surface area (Å²) >= 11 is 1.31. The normalized spacial score (nSPS) is 14.9. The van der Waals surface area contributed by atoms with Crippen LogP contribution in [0.3, 0.4) is 0 Å². The van der Waals surface area contributed by atoms with Crippen molar-refractivity contribution in [2.75, 3.05) is 5.75 Å². The molecule has 0 radical (unpaired) electrons. The average molecular weight is 386 g/mol. The van der Waals surface area contributed by atoms with E-state index >= 15 is 0 Å². The van der Waals surface area contributed by atoms with E-state index in [9.17, 15) is 9.18 Å². The molecule has 1 atom stereocenters. The minimum Gasteiger partial charge on any atom is -0.467 e. The zero-order chi connectivity index (χ0) is 18.8. The van der Waals surface area contributed by atoms with Gasteiger partial charge in [0.2, 0.25) is 5.91 Å². The van der Waals surface area contributed by atoms with Gasteiger partial charge in [-0.15, -0.1) is 10.2 Å². The Morgan fingerprint density at radius 2 is 2.15 bits per heavy atom. The van der Waals surface area contributed by atoms with E-state index in [0.717, 1.165) is 12.8 Å². The molecular weight excluding hydrogens is 367 g/mol. The molecule has 140 valence electrons. The number of nitrogens with one attached hydrogen (secondary N) is 1. The van der Waals surface area contributed by atoms with Crippen molar-refractivity contribution in [2.45, 2.75) is 37.0 Å². The van der Waals surface area contributed by atoms with Crippen LogP contribution in [-0.4, -0.2) is 26.4 Å². The van der Waals surface area contributed by atoms with Gasteiger partial charge in [0, 0.05) is 6.04 Å². The highest BCUT2D eigenvalue weighted by Gasteiger charge is 2.31. The van der Waals surface area contributed by atoms with Crippen LogP contribution in [0.25, 0.3) is 11.4 Å². The molecule has 1 amide bonds. The van der Waals surface area contributed by atoms with Crippen LogP contribution in [0.1, 0.15) is 37.6 Å². The summed E-state index contributed by atoms with van der Waals surface area (Å²) in [5.74, 6) is 0.974. The van der Waals surface area contributed by atoms with E-state index in [1.54, 1.807) is 30.5 Å². The Morgan fingerprint density at radius 3 is 2.85 bits per heavy atom. The first kappa shape index (κ1) is 17.8. The number of furan rings is 1. The van der Waals surface area contributed by atoms with Gasteiger partial charge in [0.1, 0.15) is 11.6 Å². The molecule has 3 aromatic rings. The number of nitrogens with zero attached hydrogens (tertiary/aromatic N) is 3. The maximum atomic E-state index is 14.2. The van der Waals surface area contributed by atoms with Crippen molar-refractivity contribution >= 4 is 17.7 Å². The van der Waals surface area contributed by atoms with Gasteiger partial charge in [-0.25, -0.2) is 4.39 Å². The van der Waals surface area contributed by atoms with Gasteiger partial charge < -0.3 is 9.73 Å². The molecule has 2 heterocycles. The van der Waals surface area contributed by atoms with E-state index in [0.29, 0.717) is 22.3 Å². The first-order valence-corrected chi connectivity index (χ1v) is 9.77. The minimum atomic E-state index is -0.326. The van der Waals surface area contributed by atoms with E-state index in [-0.39, 0.29) is 29.6 Å². The molecule has 0 spiro atoms.